The molecule has 1 fully saturated rings. The molecule has 1 saturated heterocycles. The maximum absolute atomic E-state index is 11.7. The number of piperidine rings is 1. The molecule has 0 unspecified atom stereocenters. The maximum atomic E-state index is 11.7. The molecule has 0 radical (unpaired) electrons. The second kappa shape index (κ2) is 7.17. The van der Waals surface area contributed by atoms with Crippen molar-refractivity contribution < 1.29 is 4.92 Å². The molecule has 0 atom stereocenters. The van der Waals surface area contributed by atoms with Crippen molar-refractivity contribution in [1.82, 2.24) is 9.97 Å². The number of benzene rings is 1. The largest absolute Gasteiger partial charge is 0.351 e. The van der Waals surface area contributed by atoms with Gasteiger partial charge in [-0.15, -0.1) is 0 Å². The van der Waals surface area contributed by atoms with Crippen LogP contribution in [0.2, 0.25) is 0 Å². The fourth-order valence-electron chi connectivity index (χ4n) is 2.76. The average Bonchev–Trinajstić information content (AvgIpc) is 2.57. The molecule has 3 rings (SSSR count). The molecule has 126 valence electrons. The first-order chi connectivity index (χ1) is 11.5. The van der Waals surface area contributed by atoms with Crippen LogP contribution in [-0.2, 0) is 0 Å². The lowest BCUT2D eigenvalue weighted by atomic mass is 9.99. The quantitative estimate of drug-likeness (QED) is 0.473. The Labute approximate surface area is 145 Å². The second-order valence-electron chi connectivity index (χ2n) is 6.19. The molecule has 2 aromatic rings. The lowest BCUT2D eigenvalue weighted by Gasteiger charge is -2.30. The number of hydrogen-bond donors (Lipinski definition) is 0. The van der Waals surface area contributed by atoms with Gasteiger partial charge in [0.15, 0.2) is 5.03 Å². The van der Waals surface area contributed by atoms with E-state index in [9.17, 15) is 10.1 Å². The van der Waals surface area contributed by atoms with Gasteiger partial charge >= 0.3 is 5.69 Å². The molecule has 0 aliphatic carbocycles. The third-order valence-electron chi connectivity index (χ3n) is 4.27. The van der Waals surface area contributed by atoms with Crippen LogP contribution in [0.3, 0.4) is 0 Å². The minimum absolute atomic E-state index is 0.0117. The van der Waals surface area contributed by atoms with E-state index in [4.69, 9.17) is 0 Å². The van der Waals surface area contributed by atoms with Crippen molar-refractivity contribution in [3.8, 4) is 0 Å². The molecular formula is C17H20N4O2S. The van der Waals surface area contributed by atoms with Gasteiger partial charge in [0.2, 0.25) is 5.82 Å². The average molecular weight is 344 g/mol. The summed E-state index contributed by atoms with van der Waals surface area (Å²) in [5, 5.41) is 12.1. The summed E-state index contributed by atoms with van der Waals surface area (Å²) in [6.07, 6.45) is 3.49. The van der Waals surface area contributed by atoms with Crippen LogP contribution in [-0.4, -0.2) is 28.0 Å². The normalized spacial score (nSPS) is 15.5. The van der Waals surface area contributed by atoms with Gasteiger partial charge in [0, 0.05) is 18.0 Å². The highest BCUT2D eigenvalue weighted by molar-refractivity contribution is 7.99. The minimum Gasteiger partial charge on any atom is -0.351 e. The maximum Gasteiger partial charge on any atom is 0.343 e. The topological polar surface area (TPSA) is 72.2 Å². The lowest BCUT2D eigenvalue weighted by Crippen LogP contribution is -2.34. The van der Waals surface area contributed by atoms with Crippen molar-refractivity contribution in [1.29, 1.82) is 0 Å². The second-order valence-corrected chi connectivity index (χ2v) is 7.26. The summed E-state index contributed by atoms with van der Waals surface area (Å²) >= 11 is 1.31. The Bertz CT molecular complexity index is 728. The summed E-state index contributed by atoms with van der Waals surface area (Å²) in [7, 11) is 0. The van der Waals surface area contributed by atoms with E-state index in [-0.39, 0.29) is 10.6 Å². The van der Waals surface area contributed by atoms with Crippen molar-refractivity contribution in [2.45, 2.75) is 36.6 Å². The van der Waals surface area contributed by atoms with E-state index >= 15 is 0 Å². The van der Waals surface area contributed by atoms with Gasteiger partial charge in [-0.05, 0) is 37.8 Å². The minimum atomic E-state index is -0.357. The molecule has 0 saturated carbocycles. The third kappa shape index (κ3) is 3.67. The summed E-state index contributed by atoms with van der Waals surface area (Å²) in [6.45, 7) is 5.82. The summed E-state index contributed by atoms with van der Waals surface area (Å²) in [4.78, 5) is 22.7. The van der Waals surface area contributed by atoms with Crippen molar-refractivity contribution in [2.75, 3.05) is 18.0 Å². The molecule has 2 heterocycles. The van der Waals surface area contributed by atoms with Crippen LogP contribution < -0.4 is 4.90 Å². The van der Waals surface area contributed by atoms with E-state index < -0.39 is 0 Å². The number of rotatable bonds is 4. The molecule has 1 aliphatic rings. The monoisotopic (exact) mass is 344 g/mol. The predicted molar refractivity (Wildman–Crippen MR) is 94.6 cm³/mol. The fourth-order valence-corrected chi connectivity index (χ4v) is 3.62. The first-order valence-electron chi connectivity index (χ1n) is 8.03. The molecule has 0 spiro atoms. The van der Waals surface area contributed by atoms with E-state index in [1.165, 1.54) is 18.1 Å². The van der Waals surface area contributed by atoms with Crippen molar-refractivity contribution in [3.63, 3.8) is 0 Å². The summed E-state index contributed by atoms with van der Waals surface area (Å²) in [6, 6.07) is 7.88. The summed E-state index contributed by atoms with van der Waals surface area (Å²) in [5.41, 5.74) is 1.16. The van der Waals surface area contributed by atoms with Gasteiger partial charge in [-0.3, -0.25) is 10.1 Å². The molecule has 7 heteroatoms. The van der Waals surface area contributed by atoms with Gasteiger partial charge in [0.1, 0.15) is 6.33 Å². The van der Waals surface area contributed by atoms with E-state index in [2.05, 4.69) is 16.9 Å². The van der Waals surface area contributed by atoms with E-state index in [0.29, 0.717) is 16.8 Å². The standard InChI is InChI=1S/C17H20N4O2S/c1-12-3-5-14(6-4-12)24-17-15(21(22)23)16(18-11-19-17)20-9-7-13(2)8-10-20/h3-6,11,13H,7-10H2,1-2H3. The van der Waals surface area contributed by atoms with Crippen LogP contribution >= 0.6 is 11.8 Å². The predicted octanol–water partition coefficient (Wildman–Crippen LogP) is 4.08. The molecule has 1 aromatic carbocycles. The number of aromatic nitrogens is 2. The molecule has 0 bridgehead atoms. The van der Waals surface area contributed by atoms with Gasteiger partial charge in [-0.25, -0.2) is 9.97 Å². The van der Waals surface area contributed by atoms with E-state index in [1.54, 1.807) is 0 Å². The number of nitro groups is 1. The smallest absolute Gasteiger partial charge is 0.343 e. The first kappa shape index (κ1) is 16.7. The number of nitrogens with zero attached hydrogens (tertiary/aromatic N) is 4. The highest BCUT2D eigenvalue weighted by Gasteiger charge is 2.29. The summed E-state index contributed by atoms with van der Waals surface area (Å²) < 4.78 is 0. The Balaban J connectivity index is 1.93. The van der Waals surface area contributed by atoms with Crippen LogP contribution in [0.4, 0.5) is 11.5 Å². The van der Waals surface area contributed by atoms with Gasteiger partial charge in [0.05, 0.1) is 4.92 Å². The van der Waals surface area contributed by atoms with Crippen molar-refractivity contribution in [3.05, 3.63) is 46.3 Å². The zero-order chi connectivity index (χ0) is 17.1. The van der Waals surface area contributed by atoms with Crippen LogP contribution in [0.15, 0.2) is 40.5 Å². The molecule has 0 amide bonds. The number of anilines is 1. The third-order valence-corrected chi connectivity index (χ3v) is 5.27. The molecule has 1 aromatic heterocycles. The van der Waals surface area contributed by atoms with Crippen LogP contribution in [0, 0.1) is 23.0 Å². The molecular weight excluding hydrogens is 324 g/mol. The van der Waals surface area contributed by atoms with E-state index in [0.717, 1.165) is 36.4 Å². The molecule has 1 aliphatic heterocycles. The lowest BCUT2D eigenvalue weighted by molar-refractivity contribution is -0.387. The zero-order valence-electron chi connectivity index (χ0n) is 13.8. The van der Waals surface area contributed by atoms with Gasteiger partial charge in [-0.1, -0.05) is 36.4 Å². The highest BCUT2D eigenvalue weighted by atomic mass is 32.2. The Morgan fingerprint density at radius 2 is 1.88 bits per heavy atom. The van der Waals surface area contributed by atoms with E-state index in [1.807, 2.05) is 36.1 Å². The first-order valence-corrected chi connectivity index (χ1v) is 8.85. The van der Waals surface area contributed by atoms with Crippen LogP contribution in [0.5, 0.6) is 0 Å². The summed E-state index contributed by atoms with van der Waals surface area (Å²) in [5.74, 6) is 1.10. The van der Waals surface area contributed by atoms with Crippen molar-refractivity contribution in [2.24, 2.45) is 5.92 Å². The van der Waals surface area contributed by atoms with Gasteiger partial charge in [-0.2, -0.15) is 0 Å². The highest BCUT2D eigenvalue weighted by Crippen LogP contribution is 2.38. The van der Waals surface area contributed by atoms with Gasteiger partial charge in [0.25, 0.3) is 0 Å². The Morgan fingerprint density at radius 3 is 2.50 bits per heavy atom. The van der Waals surface area contributed by atoms with Crippen LogP contribution in [0.25, 0.3) is 0 Å². The Morgan fingerprint density at radius 1 is 1.21 bits per heavy atom. The SMILES string of the molecule is Cc1ccc(Sc2ncnc(N3CCC(C)CC3)c2[N+](=O)[O-])cc1. The molecule has 0 N–H and O–H groups in total. The Hall–Kier alpha value is -2.15. The number of aryl methyl sites for hydroxylation is 1. The fraction of sp³-hybridized carbons (Fsp3) is 0.412. The van der Waals surface area contributed by atoms with Gasteiger partial charge < -0.3 is 4.90 Å². The molecule has 24 heavy (non-hydrogen) atoms. The Kier molecular flexibility index (Phi) is 4.99. The van der Waals surface area contributed by atoms with Crippen LogP contribution in [0.1, 0.15) is 25.3 Å². The number of hydrogen-bond acceptors (Lipinski definition) is 6. The molecule has 6 nitrogen and oxygen atoms in total. The van der Waals surface area contributed by atoms with Crippen molar-refractivity contribution >= 4 is 23.3 Å². The zero-order valence-corrected chi connectivity index (χ0v) is 14.6.